The van der Waals surface area contributed by atoms with Gasteiger partial charge in [-0.3, -0.25) is 48.3 Å². The molecule has 7 amide bonds. The summed E-state index contributed by atoms with van der Waals surface area (Å²) in [6.07, 6.45) is 0.540. The number of cyclic esters (lactones) is 1. The van der Waals surface area contributed by atoms with Crippen LogP contribution >= 0.6 is 23.5 Å². The Morgan fingerprint density at radius 1 is 0.588 bits per heavy atom. The van der Waals surface area contributed by atoms with Gasteiger partial charge in [0.2, 0.25) is 35.4 Å². The Hall–Kier alpha value is -6.54. The third-order valence-corrected chi connectivity index (χ3v) is 18.0. The lowest BCUT2D eigenvalue weighted by Crippen LogP contribution is -2.59. The maximum Gasteiger partial charge on any atom is 0.311 e. The largest absolute Gasteiger partial charge is 0.452 e. The molecule has 3 aromatic carbocycles. The summed E-state index contributed by atoms with van der Waals surface area (Å²) >= 11 is 2.78. The molecule has 3 N–H and O–H groups in total. The van der Waals surface area contributed by atoms with Crippen molar-refractivity contribution in [1.29, 1.82) is 0 Å². The molecule has 0 aliphatic carbocycles. The van der Waals surface area contributed by atoms with E-state index in [1.165, 1.54) is 40.4 Å². The summed E-state index contributed by atoms with van der Waals surface area (Å²) in [5.41, 5.74) is 2.44. The van der Waals surface area contributed by atoms with Gasteiger partial charge < -0.3 is 40.3 Å². The fourth-order valence-corrected chi connectivity index (χ4v) is 13.0. The van der Waals surface area contributed by atoms with Crippen molar-refractivity contribution in [3.63, 3.8) is 0 Å². The van der Waals surface area contributed by atoms with Gasteiger partial charge in [0.15, 0.2) is 6.10 Å². The van der Waals surface area contributed by atoms with Crippen LogP contribution in [-0.2, 0) is 62.4 Å². The van der Waals surface area contributed by atoms with Crippen LogP contribution in [0.5, 0.6) is 0 Å². The number of nitrogens with one attached hydrogen (secondary N) is 3. The Kier molecular flexibility index (Phi) is 21.2. The average molecular weight is 1130 g/mol. The maximum atomic E-state index is 15.0. The number of thioether (sulfide) groups is 2. The molecule has 1 saturated heterocycles. The van der Waals surface area contributed by atoms with E-state index >= 15 is 4.79 Å². The molecule has 80 heavy (non-hydrogen) atoms. The fraction of sp³-hybridized carbons (Fsp3) is 0.533. The SMILES string of the molecule is CC[C@H]1NC(=O)[C@@H]2CSC(=N2)C(Cc2ccccc2)N(C)C(=O)[C@@H]2CCCN2C(=O)C(C(C)C)N(C)C(=O)[C@H](Cc2ccccc2)OC(=O)[C@H](C)[C@@H](C)NC(=O)[C@H](C(C)C)NC(=O)C(Cc2ccccc2)N(C)C(=O)[C@@H]2CSC1=N2. The number of carbonyl (C=O) groups is 8. The van der Waals surface area contributed by atoms with Crippen LogP contribution in [-0.4, -0.2) is 177 Å². The number of ether oxygens (including phenoxy) is 1. The first kappa shape index (κ1) is 61.1. The van der Waals surface area contributed by atoms with Gasteiger partial charge >= 0.3 is 5.97 Å². The third-order valence-electron chi connectivity index (χ3n) is 15.7. The summed E-state index contributed by atoms with van der Waals surface area (Å²) in [5.74, 6) is -5.21. The minimum absolute atomic E-state index is 0.0140. The van der Waals surface area contributed by atoms with Gasteiger partial charge in [-0.05, 0) is 68.1 Å². The van der Waals surface area contributed by atoms with E-state index in [1.807, 2.05) is 112 Å². The van der Waals surface area contributed by atoms with Gasteiger partial charge in [-0.2, -0.15) is 0 Å². The summed E-state index contributed by atoms with van der Waals surface area (Å²) in [6, 6.07) is 20.4. The Morgan fingerprint density at radius 2 is 1.12 bits per heavy atom. The zero-order valence-corrected chi connectivity index (χ0v) is 49.3. The Morgan fingerprint density at radius 3 is 1.70 bits per heavy atom. The normalized spacial score (nSPS) is 28.5. The third kappa shape index (κ3) is 14.7. The van der Waals surface area contributed by atoms with Crippen LogP contribution in [0, 0.1) is 17.8 Å². The van der Waals surface area contributed by atoms with Gasteiger partial charge in [-0.15, -0.1) is 23.5 Å². The number of rotatable bonds is 9. The van der Waals surface area contributed by atoms with Crippen molar-refractivity contribution in [2.24, 2.45) is 27.7 Å². The molecule has 4 aliphatic heterocycles. The lowest BCUT2D eigenvalue weighted by Gasteiger charge is -2.38. The van der Waals surface area contributed by atoms with Gasteiger partial charge in [0.05, 0.1) is 28.1 Å². The number of benzene rings is 3. The van der Waals surface area contributed by atoms with E-state index in [9.17, 15) is 33.6 Å². The summed E-state index contributed by atoms with van der Waals surface area (Å²) < 4.78 is 6.13. The molecule has 0 saturated carbocycles. The Balaban J connectivity index is 1.25. The Labute approximate surface area is 479 Å². The van der Waals surface area contributed by atoms with Crippen molar-refractivity contribution >= 4 is 80.9 Å². The number of esters is 1. The minimum Gasteiger partial charge on any atom is -0.452 e. The van der Waals surface area contributed by atoms with Crippen molar-refractivity contribution in [1.82, 2.24) is 35.6 Å². The van der Waals surface area contributed by atoms with Crippen molar-refractivity contribution in [3.8, 4) is 0 Å². The second-order valence-electron chi connectivity index (χ2n) is 22.1. The number of hydrogen-bond donors (Lipinski definition) is 3. The van der Waals surface area contributed by atoms with Crippen LogP contribution in [0.15, 0.2) is 101 Å². The highest BCUT2D eigenvalue weighted by Gasteiger charge is 2.46. The zero-order valence-electron chi connectivity index (χ0n) is 47.7. The second-order valence-corrected chi connectivity index (χ2v) is 24.2. The summed E-state index contributed by atoms with van der Waals surface area (Å²) in [5, 5.41) is 10.2. The molecule has 0 radical (unpaired) electrons. The molecule has 11 atom stereocenters. The van der Waals surface area contributed by atoms with Gasteiger partial charge in [0.1, 0.15) is 36.3 Å². The first-order valence-electron chi connectivity index (χ1n) is 27.9. The predicted octanol–water partition coefficient (Wildman–Crippen LogP) is 4.97. The van der Waals surface area contributed by atoms with Gasteiger partial charge in [0.25, 0.3) is 5.91 Å². The van der Waals surface area contributed by atoms with E-state index in [0.29, 0.717) is 47.1 Å². The molecule has 0 aromatic heterocycles. The molecule has 4 bridgehead atoms. The molecule has 3 aromatic rings. The fourth-order valence-electron chi connectivity index (χ4n) is 10.7. The van der Waals surface area contributed by atoms with Crippen LogP contribution in [0.3, 0.4) is 0 Å². The smallest absolute Gasteiger partial charge is 0.311 e. The molecule has 20 heteroatoms. The van der Waals surface area contributed by atoms with Crippen molar-refractivity contribution in [2.75, 3.05) is 39.2 Å². The van der Waals surface area contributed by atoms with Crippen LogP contribution < -0.4 is 16.0 Å². The number of amides is 7. The average Bonchev–Trinajstić information content (AvgIpc) is 4.27. The molecular formula is C60H79N9O9S2. The van der Waals surface area contributed by atoms with Gasteiger partial charge in [-0.25, -0.2) is 0 Å². The predicted molar refractivity (Wildman–Crippen MR) is 313 cm³/mol. The standard InChI is InChI=1S/C60H79N9O9S2/c1-11-42-54-64-44(34-79-54)56(73)66(8)46(30-39-22-15-12-16-23-39)52(71)65-49(35(2)3)53(72)61-38(7)37(6)60(77)78-48(32-41-26-19-14-20-27-41)58(75)68(10)50(36(4)5)59(76)69-29-21-28-45(69)57(74)67(9)47(31-40-24-17-13-18-25-40)55-63-43(33-80-55)51(70)62-42/h12-20,22-27,35-38,42-50H,11,21,28-34H2,1-10H3,(H,61,72)(H,62,70)(H,65,71)/t37-,38-,42-,43+,44+,45+,46?,47?,48+,49+,50?/m1/s1. The van der Waals surface area contributed by atoms with Gasteiger partial charge in [-0.1, -0.05) is 126 Å². The lowest BCUT2D eigenvalue weighted by molar-refractivity contribution is -0.166. The highest BCUT2D eigenvalue weighted by atomic mass is 32.2. The number of carbonyl (C=O) groups excluding carboxylic acids is 8. The minimum atomic E-state index is -1.38. The molecule has 4 heterocycles. The number of likely N-dealkylation sites (N-methyl/N-ethyl adjacent to an activating group) is 3. The van der Waals surface area contributed by atoms with Gasteiger partial charge in [0, 0.05) is 58.1 Å². The van der Waals surface area contributed by atoms with Crippen molar-refractivity contribution in [2.45, 2.75) is 147 Å². The quantitative estimate of drug-likeness (QED) is 0.243. The molecule has 7 rings (SSSR count). The van der Waals surface area contributed by atoms with E-state index in [4.69, 9.17) is 14.7 Å². The van der Waals surface area contributed by atoms with E-state index in [0.717, 1.165) is 11.1 Å². The molecule has 430 valence electrons. The highest BCUT2D eigenvalue weighted by molar-refractivity contribution is 8.14. The van der Waals surface area contributed by atoms with E-state index in [-0.39, 0.29) is 37.0 Å². The van der Waals surface area contributed by atoms with Crippen molar-refractivity contribution < 1.29 is 43.1 Å². The van der Waals surface area contributed by atoms with E-state index < -0.39 is 114 Å². The second kappa shape index (κ2) is 27.8. The van der Waals surface area contributed by atoms with Crippen LogP contribution in [0.4, 0.5) is 0 Å². The molecule has 18 nitrogen and oxygen atoms in total. The molecule has 0 spiro atoms. The maximum absolute atomic E-state index is 15.0. The summed E-state index contributed by atoms with van der Waals surface area (Å²) in [7, 11) is 4.78. The van der Waals surface area contributed by atoms with Crippen LogP contribution in [0.1, 0.15) is 84.4 Å². The van der Waals surface area contributed by atoms with Crippen molar-refractivity contribution in [3.05, 3.63) is 108 Å². The monoisotopic (exact) mass is 1130 g/mol. The van der Waals surface area contributed by atoms with E-state index in [2.05, 4.69) is 16.0 Å². The molecule has 3 unspecified atom stereocenters. The summed E-state index contributed by atoms with van der Waals surface area (Å²) in [6.45, 7) is 12.6. The van der Waals surface area contributed by atoms with Crippen LogP contribution in [0.2, 0.25) is 0 Å². The molecular weight excluding hydrogens is 1050 g/mol. The lowest BCUT2D eigenvalue weighted by atomic mass is 9.98. The number of fused-ring (bicyclic) bond motifs is 3. The molecule has 4 aliphatic rings. The topological polar surface area (TPSA) is 220 Å². The number of hydrogen-bond acceptors (Lipinski definition) is 13. The number of aliphatic imine (C=N–C) groups is 2. The first-order valence-corrected chi connectivity index (χ1v) is 29.9. The summed E-state index contributed by atoms with van der Waals surface area (Å²) in [4.78, 5) is 133. The van der Waals surface area contributed by atoms with E-state index in [1.54, 1.807) is 51.6 Å². The highest BCUT2D eigenvalue weighted by Crippen LogP contribution is 2.31. The molecule has 1 fully saturated rings. The Bertz CT molecular complexity index is 2770. The number of nitrogens with zero attached hydrogens (tertiary/aromatic N) is 6. The van der Waals surface area contributed by atoms with Crippen LogP contribution in [0.25, 0.3) is 0 Å². The zero-order chi connectivity index (χ0) is 57.9. The first-order chi connectivity index (χ1) is 38.2.